The first kappa shape index (κ1) is 58.6. The van der Waals surface area contributed by atoms with Gasteiger partial charge in [-0.1, -0.05) is 243 Å². The van der Waals surface area contributed by atoms with E-state index in [0.29, 0.717) is 19.3 Å². The molecule has 0 saturated carbocycles. The van der Waals surface area contributed by atoms with Crippen LogP contribution < -0.4 is 0 Å². The highest BCUT2D eigenvalue weighted by atomic mass is 16.6. The van der Waals surface area contributed by atoms with Crippen molar-refractivity contribution in [1.29, 1.82) is 0 Å². The van der Waals surface area contributed by atoms with Crippen LogP contribution in [-0.2, 0) is 28.6 Å². The van der Waals surface area contributed by atoms with Gasteiger partial charge in [-0.3, -0.25) is 14.4 Å². The monoisotopic (exact) mass is 857 g/mol. The number of esters is 3. The normalized spacial score (nSPS) is 12.2. The molecule has 0 radical (unpaired) electrons. The maximum atomic E-state index is 12.8. The Kier molecular flexibility index (Phi) is 48.3. The van der Waals surface area contributed by atoms with Crippen LogP contribution in [-0.4, -0.2) is 37.2 Å². The van der Waals surface area contributed by atoms with Crippen LogP contribution in [0.3, 0.4) is 0 Å². The van der Waals surface area contributed by atoms with Crippen LogP contribution in [0.4, 0.5) is 0 Å². The third-order valence-electron chi connectivity index (χ3n) is 11.7. The molecule has 0 bridgehead atoms. The predicted molar refractivity (Wildman–Crippen MR) is 261 cm³/mol. The van der Waals surface area contributed by atoms with Crippen molar-refractivity contribution in [2.24, 2.45) is 0 Å². The summed E-state index contributed by atoms with van der Waals surface area (Å²) < 4.78 is 16.8. The molecule has 1 unspecified atom stereocenters. The standard InChI is InChI=1S/C55H100O6/c1-4-7-10-13-16-19-22-25-27-30-33-36-39-42-45-48-54(57)60-51-52(50-59-53(56)47-44-41-38-35-32-29-24-21-18-15-12-9-6-3)61-55(58)49-46-43-40-37-34-31-28-26-23-20-17-14-11-8-5-2/h8,11,17,20,26,28,52H,4-7,9-10,12-16,18-19,21-25,27,29-51H2,1-3H3/b11-8-,20-17-,28-26-. The topological polar surface area (TPSA) is 78.9 Å². The molecule has 0 fully saturated rings. The van der Waals surface area contributed by atoms with Crippen molar-refractivity contribution in [2.75, 3.05) is 13.2 Å². The second-order valence-electron chi connectivity index (χ2n) is 17.8. The van der Waals surface area contributed by atoms with Crippen molar-refractivity contribution in [3.63, 3.8) is 0 Å². The highest BCUT2D eigenvalue weighted by Crippen LogP contribution is 2.16. The summed E-state index contributed by atoms with van der Waals surface area (Å²) in [6, 6.07) is 0. The Bertz CT molecular complexity index is 1030. The maximum Gasteiger partial charge on any atom is 0.306 e. The number of carbonyl (C=O) groups excluding carboxylic acids is 3. The molecule has 0 aliphatic rings. The SMILES string of the molecule is CC/C=C\C/C=C\C/C=C\CCCCCCCC(=O)OC(COC(=O)CCCCCCCCCCCCCCC)COC(=O)CCCCCCCCCCCCCCCCC. The molecule has 0 aromatic heterocycles. The van der Waals surface area contributed by atoms with Gasteiger partial charge in [-0.25, -0.2) is 0 Å². The molecule has 0 aliphatic carbocycles. The molecule has 0 aromatic carbocycles. The summed E-state index contributed by atoms with van der Waals surface area (Å²) in [5.41, 5.74) is 0. The van der Waals surface area contributed by atoms with Gasteiger partial charge in [-0.15, -0.1) is 0 Å². The Morgan fingerprint density at radius 3 is 1.00 bits per heavy atom. The van der Waals surface area contributed by atoms with E-state index in [2.05, 4.69) is 57.2 Å². The molecule has 0 aliphatic heterocycles. The average molecular weight is 857 g/mol. The Morgan fingerprint density at radius 1 is 0.344 bits per heavy atom. The Labute approximate surface area is 378 Å². The number of hydrogen-bond donors (Lipinski definition) is 0. The summed E-state index contributed by atoms with van der Waals surface area (Å²) in [5.74, 6) is -0.878. The zero-order chi connectivity index (χ0) is 44.4. The molecule has 0 amide bonds. The lowest BCUT2D eigenvalue weighted by molar-refractivity contribution is -0.167. The van der Waals surface area contributed by atoms with Gasteiger partial charge < -0.3 is 14.2 Å². The number of unbranched alkanes of at least 4 members (excludes halogenated alkanes) is 31. The lowest BCUT2D eigenvalue weighted by Gasteiger charge is -2.18. The molecule has 6 heteroatoms. The third-order valence-corrected chi connectivity index (χ3v) is 11.7. The molecule has 6 nitrogen and oxygen atoms in total. The molecule has 0 heterocycles. The summed E-state index contributed by atoms with van der Waals surface area (Å²) in [6.07, 6.45) is 58.4. The summed E-state index contributed by atoms with van der Waals surface area (Å²) >= 11 is 0. The third kappa shape index (κ3) is 48.5. The molecule has 61 heavy (non-hydrogen) atoms. The summed E-state index contributed by atoms with van der Waals surface area (Å²) in [6.45, 7) is 6.54. The fourth-order valence-electron chi connectivity index (χ4n) is 7.69. The molecular formula is C55H100O6. The molecule has 0 N–H and O–H groups in total. The minimum absolute atomic E-state index is 0.0749. The number of ether oxygens (including phenoxy) is 3. The van der Waals surface area contributed by atoms with Crippen molar-refractivity contribution in [3.8, 4) is 0 Å². The van der Waals surface area contributed by atoms with Crippen LogP contribution in [0.5, 0.6) is 0 Å². The lowest BCUT2D eigenvalue weighted by Crippen LogP contribution is -2.30. The van der Waals surface area contributed by atoms with E-state index in [1.54, 1.807) is 0 Å². The van der Waals surface area contributed by atoms with Crippen LogP contribution in [0.1, 0.15) is 278 Å². The van der Waals surface area contributed by atoms with E-state index < -0.39 is 6.10 Å². The van der Waals surface area contributed by atoms with Gasteiger partial charge in [0, 0.05) is 19.3 Å². The zero-order valence-corrected chi connectivity index (χ0v) is 40.7. The smallest absolute Gasteiger partial charge is 0.306 e. The van der Waals surface area contributed by atoms with Gasteiger partial charge in [-0.2, -0.15) is 0 Å². The molecule has 0 spiro atoms. The maximum absolute atomic E-state index is 12.8. The fraction of sp³-hybridized carbons (Fsp3) is 0.836. The van der Waals surface area contributed by atoms with Crippen LogP contribution >= 0.6 is 0 Å². The van der Waals surface area contributed by atoms with Gasteiger partial charge in [0.05, 0.1) is 0 Å². The van der Waals surface area contributed by atoms with E-state index in [-0.39, 0.29) is 31.1 Å². The van der Waals surface area contributed by atoms with E-state index in [4.69, 9.17) is 14.2 Å². The second-order valence-corrected chi connectivity index (χ2v) is 17.8. The van der Waals surface area contributed by atoms with E-state index in [9.17, 15) is 14.4 Å². The first-order valence-corrected chi connectivity index (χ1v) is 26.5. The van der Waals surface area contributed by atoms with Gasteiger partial charge in [-0.05, 0) is 51.4 Å². The number of allylic oxidation sites excluding steroid dienone is 6. The van der Waals surface area contributed by atoms with Crippen LogP contribution in [0.2, 0.25) is 0 Å². The van der Waals surface area contributed by atoms with E-state index >= 15 is 0 Å². The van der Waals surface area contributed by atoms with Crippen LogP contribution in [0.15, 0.2) is 36.5 Å². The largest absolute Gasteiger partial charge is 0.462 e. The molecular weight excluding hydrogens is 757 g/mol. The van der Waals surface area contributed by atoms with Gasteiger partial charge >= 0.3 is 17.9 Å². The van der Waals surface area contributed by atoms with Gasteiger partial charge in [0.25, 0.3) is 0 Å². The number of hydrogen-bond acceptors (Lipinski definition) is 6. The highest BCUT2D eigenvalue weighted by Gasteiger charge is 2.19. The van der Waals surface area contributed by atoms with Crippen molar-refractivity contribution in [3.05, 3.63) is 36.5 Å². The molecule has 0 saturated heterocycles. The van der Waals surface area contributed by atoms with E-state index in [1.165, 1.54) is 141 Å². The first-order chi connectivity index (χ1) is 30.0. The van der Waals surface area contributed by atoms with Crippen molar-refractivity contribution in [2.45, 2.75) is 284 Å². The van der Waals surface area contributed by atoms with Crippen molar-refractivity contribution >= 4 is 17.9 Å². The van der Waals surface area contributed by atoms with Crippen LogP contribution in [0, 0.1) is 0 Å². The molecule has 356 valence electrons. The summed E-state index contributed by atoms with van der Waals surface area (Å²) in [7, 11) is 0. The minimum atomic E-state index is -0.775. The van der Waals surface area contributed by atoms with Crippen molar-refractivity contribution < 1.29 is 28.6 Å². The average Bonchev–Trinajstić information content (AvgIpc) is 3.26. The van der Waals surface area contributed by atoms with Gasteiger partial charge in [0.2, 0.25) is 0 Å². The van der Waals surface area contributed by atoms with E-state index in [0.717, 1.165) is 96.3 Å². The van der Waals surface area contributed by atoms with Crippen LogP contribution in [0.25, 0.3) is 0 Å². The van der Waals surface area contributed by atoms with Crippen molar-refractivity contribution in [1.82, 2.24) is 0 Å². The molecule has 0 rings (SSSR count). The molecule has 0 aromatic rings. The number of carbonyl (C=O) groups is 3. The predicted octanol–water partition coefficient (Wildman–Crippen LogP) is 17.3. The summed E-state index contributed by atoms with van der Waals surface area (Å²) in [5, 5.41) is 0. The zero-order valence-electron chi connectivity index (χ0n) is 40.7. The fourth-order valence-corrected chi connectivity index (χ4v) is 7.69. The lowest BCUT2D eigenvalue weighted by atomic mass is 10.0. The Balaban J connectivity index is 4.37. The Morgan fingerprint density at radius 2 is 0.639 bits per heavy atom. The van der Waals surface area contributed by atoms with E-state index in [1.807, 2.05) is 0 Å². The van der Waals surface area contributed by atoms with Gasteiger partial charge in [0.1, 0.15) is 13.2 Å². The quantitative estimate of drug-likeness (QED) is 0.0262. The highest BCUT2D eigenvalue weighted by molar-refractivity contribution is 5.71. The summed E-state index contributed by atoms with van der Waals surface area (Å²) in [4.78, 5) is 38.0. The number of rotatable bonds is 48. The first-order valence-electron chi connectivity index (χ1n) is 26.5. The second kappa shape index (κ2) is 50.3. The molecule has 1 atom stereocenters. The van der Waals surface area contributed by atoms with Gasteiger partial charge in [0.15, 0.2) is 6.10 Å². The Hall–Kier alpha value is -2.37. The minimum Gasteiger partial charge on any atom is -0.462 e.